The number of nitrogens with zero attached hydrogens (tertiary/aromatic N) is 2. The van der Waals surface area contributed by atoms with Crippen molar-refractivity contribution < 1.29 is 10.2 Å². The van der Waals surface area contributed by atoms with Crippen LogP contribution in [0.5, 0.6) is 0 Å². The minimum absolute atomic E-state index is 0.0527. The van der Waals surface area contributed by atoms with Gasteiger partial charge in [0.2, 0.25) is 0 Å². The number of aliphatic hydroxyl groups is 2. The van der Waals surface area contributed by atoms with E-state index in [9.17, 15) is 5.11 Å². The van der Waals surface area contributed by atoms with Crippen molar-refractivity contribution in [2.24, 2.45) is 0 Å². The van der Waals surface area contributed by atoms with Crippen LogP contribution in [0.1, 0.15) is 12.0 Å². The highest BCUT2D eigenvalue weighted by atomic mass is 35.5. The van der Waals surface area contributed by atoms with Crippen molar-refractivity contribution in [1.82, 2.24) is 4.90 Å². The fourth-order valence-electron chi connectivity index (χ4n) is 2.65. The second-order valence-electron chi connectivity index (χ2n) is 5.39. The Hall–Kier alpha value is -0.810. The Morgan fingerprint density at radius 3 is 2.74 bits per heavy atom. The smallest absolute Gasteiger partial charge is 0.0735 e. The van der Waals surface area contributed by atoms with Crippen molar-refractivity contribution >= 4 is 17.3 Å². The number of likely N-dealkylation sites (N-methyl/N-ethyl adjacent to an activating group) is 1. The molecule has 1 fully saturated rings. The molecule has 19 heavy (non-hydrogen) atoms. The molecule has 2 atom stereocenters. The van der Waals surface area contributed by atoms with Gasteiger partial charge in [-0.25, -0.2) is 0 Å². The van der Waals surface area contributed by atoms with Gasteiger partial charge in [0.1, 0.15) is 0 Å². The maximum absolute atomic E-state index is 9.88. The molecule has 2 unspecified atom stereocenters. The second kappa shape index (κ2) is 6.09. The number of benzene rings is 1. The van der Waals surface area contributed by atoms with Crippen molar-refractivity contribution in [2.75, 3.05) is 32.1 Å². The van der Waals surface area contributed by atoms with Gasteiger partial charge in [-0.2, -0.15) is 0 Å². The lowest BCUT2D eigenvalue weighted by Gasteiger charge is -2.29. The molecule has 0 spiro atoms. The van der Waals surface area contributed by atoms with Crippen LogP contribution in [0.3, 0.4) is 0 Å². The van der Waals surface area contributed by atoms with Crippen molar-refractivity contribution in [2.45, 2.75) is 25.2 Å². The van der Waals surface area contributed by atoms with Crippen LogP contribution in [-0.4, -0.2) is 54.4 Å². The van der Waals surface area contributed by atoms with Gasteiger partial charge >= 0.3 is 0 Å². The van der Waals surface area contributed by atoms with Crippen LogP contribution in [-0.2, 0) is 6.61 Å². The summed E-state index contributed by atoms with van der Waals surface area (Å²) in [5.41, 5.74) is 1.74. The summed E-state index contributed by atoms with van der Waals surface area (Å²) in [7, 11) is 4.06. The average molecular weight is 285 g/mol. The molecule has 0 saturated carbocycles. The number of anilines is 1. The van der Waals surface area contributed by atoms with Crippen LogP contribution in [0.15, 0.2) is 18.2 Å². The minimum Gasteiger partial charge on any atom is -0.392 e. The Kier molecular flexibility index (Phi) is 4.68. The van der Waals surface area contributed by atoms with Crippen molar-refractivity contribution in [1.29, 1.82) is 0 Å². The van der Waals surface area contributed by atoms with Crippen molar-refractivity contribution in [3.63, 3.8) is 0 Å². The zero-order chi connectivity index (χ0) is 14.0. The number of β-amino-alcohol motifs (C(OH)–C–C–N with tert-alkyl or cyclic N) is 1. The summed E-state index contributed by atoms with van der Waals surface area (Å²) < 4.78 is 0. The predicted octanol–water partition coefficient (Wildman–Crippen LogP) is 1.33. The first-order chi connectivity index (χ1) is 9.01. The van der Waals surface area contributed by atoms with Gasteiger partial charge in [0.15, 0.2) is 0 Å². The highest BCUT2D eigenvalue weighted by molar-refractivity contribution is 6.31. The maximum atomic E-state index is 9.88. The molecule has 0 aliphatic carbocycles. The fourth-order valence-corrected chi connectivity index (χ4v) is 2.88. The standard InChI is InChI=1S/C14H21ClN2O2/c1-16(2)7-12-5-13(19)8-17(12)11-4-3-10(9-18)14(15)6-11/h3-4,6,12-13,18-19H,5,7-9H2,1-2H3. The largest absolute Gasteiger partial charge is 0.392 e. The van der Waals surface area contributed by atoms with Gasteiger partial charge in [0.05, 0.1) is 12.7 Å². The molecule has 4 nitrogen and oxygen atoms in total. The van der Waals surface area contributed by atoms with Gasteiger partial charge in [0.25, 0.3) is 0 Å². The van der Waals surface area contributed by atoms with E-state index in [1.807, 2.05) is 32.3 Å². The van der Waals surface area contributed by atoms with E-state index in [-0.39, 0.29) is 12.7 Å². The summed E-state index contributed by atoms with van der Waals surface area (Å²) in [6.07, 6.45) is 0.485. The molecule has 2 rings (SSSR count). The molecular formula is C14H21ClN2O2. The Labute approximate surface area is 119 Å². The highest BCUT2D eigenvalue weighted by Gasteiger charge is 2.31. The maximum Gasteiger partial charge on any atom is 0.0735 e. The summed E-state index contributed by atoms with van der Waals surface area (Å²) in [4.78, 5) is 4.32. The molecule has 1 aliphatic rings. The quantitative estimate of drug-likeness (QED) is 0.876. The van der Waals surface area contributed by atoms with E-state index >= 15 is 0 Å². The minimum atomic E-state index is -0.291. The van der Waals surface area contributed by atoms with Crippen molar-refractivity contribution in [3.05, 3.63) is 28.8 Å². The second-order valence-corrected chi connectivity index (χ2v) is 5.80. The zero-order valence-corrected chi connectivity index (χ0v) is 12.1. The molecule has 0 radical (unpaired) electrons. The number of rotatable bonds is 4. The van der Waals surface area contributed by atoms with E-state index in [1.165, 1.54) is 0 Å². The van der Waals surface area contributed by atoms with Crippen LogP contribution in [0.2, 0.25) is 5.02 Å². The zero-order valence-electron chi connectivity index (χ0n) is 11.4. The first-order valence-corrected chi connectivity index (χ1v) is 6.87. The summed E-state index contributed by atoms with van der Waals surface area (Å²) >= 11 is 6.14. The highest BCUT2D eigenvalue weighted by Crippen LogP contribution is 2.30. The molecule has 1 heterocycles. The van der Waals surface area contributed by atoms with Gasteiger partial charge in [-0.1, -0.05) is 17.7 Å². The SMILES string of the molecule is CN(C)CC1CC(O)CN1c1ccc(CO)c(Cl)c1. The molecule has 2 N–H and O–H groups in total. The van der Waals surface area contributed by atoms with Gasteiger partial charge in [-0.05, 0) is 38.2 Å². The van der Waals surface area contributed by atoms with Crippen LogP contribution in [0.4, 0.5) is 5.69 Å². The average Bonchev–Trinajstić information content (AvgIpc) is 2.69. The molecule has 0 aromatic heterocycles. The fraction of sp³-hybridized carbons (Fsp3) is 0.571. The first-order valence-electron chi connectivity index (χ1n) is 6.50. The molecule has 0 bridgehead atoms. The van der Waals surface area contributed by atoms with Crippen LogP contribution in [0, 0.1) is 0 Å². The monoisotopic (exact) mass is 284 g/mol. The first kappa shape index (κ1) is 14.6. The van der Waals surface area contributed by atoms with Gasteiger partial charge in [0, 0.05) is 29.8 Å². The Morgan fingerprint density at radius 2 is 2.16 bits per heavy atom. The van der Waals surface area contributed by atoms with E-state index in [0.717, 1.165) is 24.2 Å². The van der Waals surface area contributed by atoms with Crippen molar-refractivity contribution in [3.8, 4) is 0 Å². The number of hydrogen-bond donors (Lipinski definition) is 2. The van der Waals surface area contributed by atoms with E-state index in [4.69, 9.17) is 16.7 Å². The normalized spacial score (nSPS) is 23.4. The third-order valence-electron chi connectivity index (χ3n) is 3.51. The Balaban J connectivity index is 2.21. The molecule has 1 saturated heterocycles. The lowest BCUT2D eigenvalue weighted by atomic mass is 10.1. The molecule has 1 aromatic rings. The van der Waals surface area contributed by atoms with Gasteiger partial charge < -0.3 is 20.0 Å². The third-order valence-corrected chi connectivity index (χ3v) is 3.86. The molecular weight excluding hydrogens is 264 g/mol. The molecule has 1 aliphatic heterocycles. The Morgan fingerprint density at radius 1 is 1.42 bits per heavy atom. The number of hydrogen-bond acceptors (Lipinski definition) is 4. The molecule has 106 valence electrons. The van der Waals surface area contributed by atoms with E-state index in [2.05, 4.69) is 9.80 Å². The van der Waals surface area contributed by atoms with E-state index in [0.29, 0.717) is 17.6 Å². The van der Waals surface area contributed by atoms with Gasteiger partial charge in [-0.15, -0.1) is 0 Å². The van der Waals surface area contributed by atoms with E-state index < -0.39 is 0 Å². The molecule has 1 aromatic carbocycles. The van der Waals surface area contributed by atoms with Gasteiger partial charge in [-0.3, -0.25) is 0 Å². The topological polar surface area (TPSA) is 46.9 Å². The summed E-state index contributed by atoms with van der Waals surface area (Å²) in [6.45, 7) is 1.48. The van der Waals surface area contributed by atoms with E-state index in [1.54, 1.807) is 0 Å². The number of halogens is 1. The van der Waals surface area contributed by atoms with Crippen LogP contribution >= 0.6 is 11.6 Å². The van der Waals surface area contributed by atoms with Crippen LogP contribution < -0.4 is 4.90 Å². The summed E-state index contributed by atoms with van der Waals surface area (Å²) in [6, 6.07) is 5.96. The third kappa shape index (κ3) is 3.39. The molecule has 5 heteroatoms. The summed E-state index contributed by atoms with van der Waals surface area (Å²) in [5.74, 6) is 0. The summed E-state index contributed by atoms with van der Waals surface area (Å²) in [5, 5.41) is 19.6. The Bertz CT molecular complexity index is 439. The lowest BCUT2D eigenvalue weighted by Crippen LogP contribution is -2.37. The predicted molar refractivity (Wildman–Crippen MR) is 77.7 cm³/mol. The lowest BCUT2D eigenvalue weighted by molar-refractivity contribution is 0.191. The number of aliphatic hydroxyl groups excluding tert-OH is 2. The van der Waals surface area contributed by atoms with Crippen LogP contribution in [0.25, 0.3) is 0 Å². The molecule has 0 amide bonds.